The first kappa shape index (κ1) is 17.5. The summed E-state index contributed by atoms with van der Waals surface area (Å²) in [5.74, 6) is -1.16. The third-order valence-corrected chi connectivity index (χ3v) is 2.73. The molecule has 0 amide bonds. The van der Waals surface area contributed by atoms with E-state index in [0.717, 1.165) is 22.9 Å². The number of alkyl halides is 3. The molecule has 0 saturated heterocycles. The Kier molecular flexibility index (Phi) is 4.91. The smallest absolute Gasteiger partial charge is 0.416 e. The van der Waals surface area contributed by atoms with Gasteiger partial charge in [0.2, 0.25) is 0 Å². The number of phenolic OH excluding ortho intramolecular Hbond substituents is 1. The van der Waals surface area contributed by atoms with E-state index in [4.69, 9.17) is 4.74 Å². The Labute approximate surface area is 135 Å². The molecule has 2 aromatic rings. The van der Waals surface area contributed by atoms with Crippen molar-refractivity contribution in [2.45, 2.75) is 26.1 Å². The fourth-order valence-electron chi connectivity index (χ4n) is 1.79. The molecule has 0 bridgehead atoms. The van der Waals surface area contributed by atoms with E-state index in [2.05, 4.69) is 10.1 Å². The highest BCUT2D eigenvalue weighted by Gasteiger charge is 2.31. The van der Waals surface area contributed by atoms with Crippen LogP contribution < -0.4 is 0 Å². The Bertz CT molecular complexity index is 767. The van der Waals surface area contributed by atoms with Crippen LogP contribution in [0.5, 0.6) is 5.75 Å². The van der Waals surface area contributed by atoms with E-state index in [1.165, 1.54) is 12.5 Å². The summed E-state index contributed by atoms with van der Waals surface area (Å²) in [6.45, 7) is 3.39. The maximum Gasteiger partial charge on any atom is 0.416 e. The molecule has 0 unspecified atom stereocenters. The molecule has 9 heteroatoms. The minimum atomic E-state index is -4.60. The van der Waals surface area contributed by atoms with Gasteiger partial charge in [-0.15, -0.1) is 5.10 Å². The van der Waals surface area contributed by atoms with Gasteiger partial charge in [-0.25, -0.2) is 14.5 Å². The first-order chi connectivity index (χ1) is 11.1. The average Bonchev–Trinajstić information content (AvgIpc) is 2.91. The van der Waals surface area contributed by atoms with Gasteiger partial charge in [0.1, 0.15) is 12.1 Å². The molecule has 0 radical (unpaired) electrons. The summed E-state index contributed by atoms with van der Waals surface area (Å²) in [4.78, 5) is 15.2. The molecule has 1 aromatic carbocycles. The zero-order valence-electron chi connectivity index (χ0n) is 12.8. The summed E-state index contributed by atoms with van der Waals surface area (Å²) in [5, 5.41) is 13.4. The van der Waals surface area contributed by atoms with E-state index in [9.17, 15) is 23.1 Å². The summed E-state index contributed by atoms with van der Waals surface area (Å²) in [5.41, 5.74) is -1.01. The second kappa shape index (κ2) is 6.73. The van der Waals surface area contributed by atoms with E-state index in [1.54, 1.807) is 13.8 Å². The highest BCUT2D eigenvalue weighted by atomic mass is 19.4. The van der Waals surface area contributed by atoms with Crippen LogP contribution >= 0.6 is 0 Å². The normalized spacial score (nSPS) is 12.1. The maximum atomic E-state index is 12.8. The van der Waals surface area contributed by atoms with E-state index in [-0.39, 0.29) is 17.5 Å². The number of aromatic hydroxyl groups is 1. The predicted molar refractivity (Wildman–Crippen MR) is 78.7 cm³/mol. The number of carbonyl (C=O) groups is 1. The Balaban J connectivity index is 2.23. The van der Waals surface area contributed by atoms with Crippen LogP contribution in [-0.2, 0) is 15.7 Å². The molecule has 0 atom stereocenters. The molecule has 1 heterocycles. The van der Waals surface area contributed by atoms with Gasteiger partial charge < -0.3 is 9.84 Å². The van der Waals surface area contributed by atoms with Crippen molar-refractivity contribution >= 4 is 12.2 Å². The lowest BCUT2D eigenvalue weighted by atomic mass is 10.1. The summed E-state index contributed by atoms with van der Waals surface area (Å²) in [6.07, 6.45) is -1.29. The number of rotatable bonds is 4. The fraction of sp³-hybridized carbons (Fsp3) is 0.267. The highest BCUT2D eigenvalue weighted by Crippen LogP contribution is 2.34. The van der Waals surface area contributed by atoms with Crippen molar-refractivity contribution in [2.24, 2.45) is 0 Å². The Morgan fingerprint density at radius 2 is 2.04 bits per heavy atom. The van der Waals surface area contributed by atoms with Crippen LogP contribution in [0.3, 0.4) is 0 Å². The first-order valence-corrected chi connectivity index (χ1v) is 6.87. The van der Waals surface area contributed by atoms with Crippen LogP contribution in [0.2, 0.25) is 0 Å². The van der Waals surface area contributed by atoms with E-state index in [1.807, 2.05) is 0 Å². The number of hydrogen-bond acceptors (Lipinski definition) is 5. The Morgan fingerprint density at radius 1 is 1.33 bits per heavy atom. The number of benzene rings is 1. The number of ether oxygens (including phenoxy) is 1. The van der Waals surface area contributed by atoms with Crippen molar-refractivity contribution in [2.75, 3.05) is 0 Å². The molecule has 128 valence electrons. The van der Waals surface area contributed by atoms with Crippen molar-refractivity contribution < 1.29 is 27.8 Å². The summed E-state index contributed by atoms with van der Waals surface area (Å²) in [6, 6.07) is 2.56. The number of carbonyl (C=O) groups excluding carboxylic acids is 1. The van der Waals surface area contributed by atoms with Gasteiger partial charge in [-0.3, -0.25) is 0 Å². The van der Waals surface area contributed by atoms with Crippen molar-refractivity contribution in [1.82, 2.24) is 14.8 Å². The molecule has 0 aliphatic carbocycles. The van der Waals surface area contributed by atoms with Crippen LogP contribution in [0.1, 0.15) is 19.4 Å². The molecule has 24 heavy (non-hydrogen) atoms. The number of phenols is 1. The molecular formula is C15H14F3N3O3. The number of halogens is 3. The lowest BCUT2D eigenvalue weighted by molar-refractivity contribution is -0.141. The standard InChI is InChI=1S/C15H14F3N3O3/c1-9(2)24-13(23)3-4-21-8-19-14(20-21)10-5-11(15(16,17)18)7-12(22)6-10/h3-9,22H,1-2H3/b4-3+. The highest BCUT2D eigenvalue weighted by molar-refractivity contribution is 5.85. The number of nitrogens with zero attached hydrogens (tertiary/aromatic N) is 3. The molecule has 6 nitrogen and oxygen atoms in total. The molecule has 0 aliphatic heterocycles. The topological polar surface area (TPSA) is 77.2 Å². The fourth-order valence-corrected chi connectivity index (χ4v) is 1.79. The minimum absolute atomic E-state index is 0.000711. The first-order valence-electron chi connectivity index (χ1n) is 6.87. The summed E-state index contributed by atoms with van der Waals surface area (Å²) in [7, 11) is 0. The molecule has 0 spiro atoms. The third kappa shape index (κ3) is 4.58. The SMILES string of the molecule is CC(C)OC(=O)/C=C/n1cnc(-c2cc(O)cc(C(F)(F)F)c2)n1. The zero-order chi connectivity index (χ0) is 17.9. The number of hydrogen-bond donors (Lipinski definition) is 1. The Hall–Kier alpha value is -2.84. The van der Waals surface area contributed by atoms with Crippen molar-refractivity contribution in [3.8, 4) is 17.1 Å². The molecule has 0 aliphatic rings. The van der Waals surface area contributed by atoms with Gasteiger partial charge >= 0.3 is 12.1 Å². The molecule has 0 fully saturated rings. The average molecular weight is 341 g/mol. The molecule has 1 N–H and O–H groups in total. The van der Waals surface area contributed by atoms with Gasteiger partial charge in [-0.1, -0.05) is 0 Å². The maximum absolute atomic E-state index is 12.8. The van der Waals surface area contributed by atoms with Crippen molar-refractivity contribution in [1.29, 1.82) is 0 Å². The second-order valence-corrected chi connectivity index (χ2v) is 5.12. The molecule has 0 saturated carbocycles. The van der Waals surface area contributed by atoms with Gasteiger partial charge in [0.05, 0.1) is 11.7 Å². The van der Waals surface area contributed by atoms with Crippen LogP contribution in [0, 0.1) is 0 Å². The zero-order valence-corrected chi connectivity index (χ0v) is 12.8. The van der Waals surface area contributed by atoms with Crippen molar-refractivity contribution in [3.05, 3.63) is 36.2 Å². The van der Waals surface area contributed by atoms with Crippen LogP contribution in [0.25, 0.3) is 17.6 Å². The number of aromatic nitrogens is 3. The number of esters is 1. The van der Waals surface area contributed by atoms with E-state index in [0.29, 0.717) is 6.07 Å². The lowest BCUT2D eigenvalue weighted by Gasteiger charge is -2.08. The summed E-state index contributed by atoms with van der Waals surface area (Å²) < 4.78 is 44.3. The third-order valence-electron chi connectivity index (χ3n) is 2.73. The predicted octanol–water partition coefficient (Wildman–Crippen LogP) is 3.09. The molecule has 1 aromatic heterocycles. The van der Waals surface area contributed by atoms with E-state index < -0.39 is 23.5 Å². The van der Waals surface area contributed by atoms with Gasteiger partial charge in [0.15, 0.2) is 5.82 Å². The van der Waals surface area contributed by atoms with Crippen molar-refractivity contribution in [3.63, 3.8) is 0 Å². The van der Waals surface area contributed by atoms with Gasteiger partial charge in [-0.05, 0) is 32.0 Å². The van der Waals surface area contributed by atoms with E-state index >= 15 is 0 Å². The van der Waals surface area contributed by atoms with Crippen LogP contribution in [0.4, 0.5) is 13.2 Å². The largest absolute Gasteiger partial charge is 0.508 e. The lowest BCUT2D eigenvalue weighted by Crippen LogP contribution is -2.08. The molecular weight excluding hydrogens is 327 g/mol. The quantitative estimate of drug-likeness (QED) is 0.683. The van der Waals surface area contributed by atoms with Gasteiger partial charge in [-0.2, -0.15) is 13.2 Å². The van der Waals surface area contributed by atoms with Gasteiger partial charge in [0.25, 0.3) is 0 Å². The minimum Gasteiger partial charge on any atom is -0.508 e. The Morgan fingerprint density at radius 3 is 2.67 bits per heavy atom. The van der Waals surface area contributed by atoms with Gasteiger partial charge in [0, 0.05) is 17.8 Å². The second-order valence-electron chi connectivity index (χ2n) is 5.12. The van der Waals surface area contributed by atoms with Crippen LogP contribution in [0.15, 0.2) is 30.6 Å². The monoisotopic (exact) mass is 341 g/mol. The van der Waals surface area contributed by atoms with Crippen LogP contribution in [-0.4, -0.2) is 31.9 Å². The molecule has 2 rings (SSSR count). The summed E-state index contributed by atoms with van der Waals surface area (Å²) >= 11 is 0.